The van der Waals surface area contributed by atoms with E-state index in [2.05, 4.69) is 4.72 Å². The maximum atomic E-state index is 12.3. The third-order valence-corrected chi connectivity index (χ3v) is 5.62. The first-order valence-corrected chi connectivity index (χ1v) is 8.49. The van der Waals surface area contributed by atoms with E-state index < -0.39 is 10.0 Å². The number of benzene rings is 1. The van der Waals surface area contributed by atoms with E-state index in [9.17, 15) is 8.42 Å². The molecule has 0 spiro atoms. The van der Waals surface area contributed by atoms with Gasteiger partial charge in [0.15, 0.2) is 0 Å². The first kappa shape index (κ1) is 16.2. The Morgan fingerprint density at radius 1 is 1.43 bits per heavy atom. The lowest BCUT2D eigenvalue weighted by Gasteiger charge is -2.33. The van der Waals surface area contributed by atoms with E-state index in [0.717, 1.165) is 12.8 Å². The number of hydrogen-bond donors (Lipinski definition) is 1. The molecule has 21 heavy (non-hydrogen) atoms. The summed E-state index contributed by atoms with van der Waals surface area (Å²) in [6, 6.07) is 6.07. The van der Waals surface area contributed by atoms with Gasteiger partial charge in [0, 0.05) is 19.8 Å². The zero-order chi connectivity index (χ0) is 15.5. The Morgan fingerprint density at radius 3 is 2.67 bits per heavy atom. The number of nitrogens with zero attached hydrogens (tertiary/aromatic N) is 1. The number of nitrogens with one attached hydrogen (secondary N) is 1. The van der Waals surface area contributed by atoms with Gasteiger partial charge in [-0.2, -0.15) is 5.26 Å². The number of halogens is 1. The second kappa shape index (κ2) is 6.32. The molecule has 0 aliphatic carbocycles. The highest BCUT2D eigenvalue weighted by molar-refractivity contribution is 7.89. The van der Waals surface area contributed by atoms with Crippen LogP contribution in [0.2, 0.25) is 5.02 Å². The van der Waals surface area contributed by atoms with Crippen molar-refractivity contribution >= 4 is 21.6 Å². The predicted octanol–water partition coefficient (Wildman–Crippen LogP) is 2.31. The highest BCUT2D eigenvalue weighted by Gasteiger charge is 2.29. The van der Waals surface area contributed by atoms with Crippen LogP contribution >= 0.6 is 11.6 Å². The Balaban J connectivity index is 2.13. The van der Waals surface area contributed by atoms with E-state index in [4.69, 9.17) is 21.6 Å². The normalized spacial score (nSPS) is 18.1. The van der Waals surface area contributed by atoms with Crippen molar-refractivity contribution in [2.24, 2.45) is 5.41 Å². The number of nitriles is 1. The molecule has 0 unspecified atom stereocenters. The molecule has 1 aromatic carbocycles. The molecule has 1 saturated heterocycles. The summed E-state index contributed by atoms with van der Waals surface area (Å²) in [5.74, 6) is 0. The fraction of sp³-hybridized carbons (Fsp3) is 0.500. The Bertz CT molecular complexity index is 661. The van der Waals surface area contributed by atoms with E-state index in [1.807, 2.05) is 13.0 Å². The Labute approximate surface area is 129 Å². The van der Waals surface area contributed by atoms with Crippen LogP contribution in [-0.4, -0.2) is 28.2 Å². The predicted molar refractivity (Wildman–Crippen MR) is 79.5 cm³/mol. The molecular weight excluding hydrogens is 312 g/mol. The van der Waals surface area contributed by atoms with Gasteiger partial charge >= 0.3 is 0 Å². The molecule has 0 aromatic heterocycles. The van der Waals surface area contributed by atoms with Crippen molar-refractivity contribution in [1.29, 1.82) is 5.26 Å². The molecule has 2 rings (SSSR count). The van der Waals surface area contributed by atoms with Gasteiger partial charge in [-0.25, -0.2) is 13.1 Å². The van der Waals surface area contributed by atoms with Crippen molar-refractivity contribution < 1.29 is 13.2 Å². The van der Waals surface area contributed by atoms with Crippen LogP contribution < -0.4 is 4.72 Å². The van der Waals surface area contributed by atoms with Crippen molar-refractivity contribution in [3.8, 4) is 6.07 Å². The van der Waals surface area contributed by atoms with Crippen LogP contribution in [0.5, 0.6) is 0 Å². The summed E-state index contributed by atoms with van der Waals surface area (Å²) in [5.41, 5.74) is 0.222. The molecule has 0 atom stereocenters. The van der Waals surface area contributed by atoms with Gasteiger partial charge in [0.1, 0.15) is 4.90 Å². The molecule has 1 aliphatic rings. The minimum Gasteiger partial charge on any atom is -0.381 e. The van der Waals surface area contributed by atoms with Crippen LogP contribution in [0.25, 0.3) is 0 Å². The van der Waals surface area contributed by atoms with E-state index in [1.165, 1.54) is 18.2 Å². The number of rotatable bonds is 4. The van der Waals surface area contributed by atoms with E-state index in [0.29, 0.717) is 25.3 Å². The van der Waals surface area contributed by atoms with Gasteiger partial charge < -0.3 is 4.74 Å². The maximum Gasteiger partial charge on any atom is 0.242 e. The first-order chi connectivity index (χ1) is 9.86. The van der Waals surface area contributed by atoms with Crippen LogP contribution in [0.15, 0.2) is 23.1 Å². The summed E-state index contributed by atoms with van der Waals surface area (Å²) in [5, 5.41) is 8.83. The summed E-state index contributed by atoms with van der Waals surface area (Å²) in [7, 11) is -3.69. The summed E-state index contributed by atoms with van der Waals surface area (Å²) in [4.78, 5) is -0.00109. The second-order valence-electron chi connectivity index (χ2n) is 5.50. The number of ether oxygens (including phenoxy) is 1. The summed E-state index contributed by atoms with van der Waals surface area (Å²) >= 11 is 5.96. The third kappa shape index (κ3) is 3.95. The summed E-state index contributed by atoms with van der Waals surface area (Å²) in [6.07, 6.45) is 1.63. The molecule has 0 radical (unpaired) electrons. The van der Waals surface area contributed by atoms with Gasteiger partial charge in [0.05, 0.1) is 16.7 Å². The van der Waals surface area contributed by atoms with Crippen LogP contribution in [0.4, 0.5) is 0 Å². The van der Waals surface area contributed by atoms with Gasteiger partial charge in [-0.3, -0.25) is 0 Å². The van der Waals surface area contributed by atoms with Crippen LogP contribution in [0.1, 0.15) is 25.3 Å². The van der Waals surface area contributed by atoms with Gasteiger partial charge in [-0.15, -0.1) is 0 Å². The average Bonchev–Trinajstić information content (AvgIpc) is 2.46. The van der Waals surface area contributed by atoms with Crippen LogP contribution in [-0.2, 0) is 14.8 Å². The molecule has 7 heteroatoms. The van der Waals surface area contributed by atoms with Crippen LogP contribution in [0, 0.1) is 16.7 Å². The highest BCUT2D eigenvalue weighted by Crippen LogP contribution is 2.30. The minimum absolute atomic E-state index is 0.00109. The van der Waals surface area contributed by atoms with Crippen molar-refractivity contribution in [3.05, 3.63) is 28.8 Å². The molecule has 1 aliphatic heterocycles. The molecular formula is C14H17ClN2O3S. The molecule has 0 amide bonds. The highest BCUT2D eigenvalue weighted by atomic mass is 35.5. The van der Waals surface area contributed by atoms with E-state index >= 15 is 0 Å². The van der Waals surface area contributed by atoms with Gasteiger partial charge in [0.25, 0.3) is 0 Å². The van der Waals surface area contributed by atoms with E-state index in [1.54, 1.807) is 0 Å². The zero-order valence-electron chi connectivity index (χ0n) is 11.7. The van der Waals surface area contributed by atoms with Crippen molar-refractivity contribution in [2.45, 2.75) is 24.7 Å². The molecule has 0 saturated carbocycles. The molecule has 0 bridgehead atoms. The number of sulfonamides is 1. The van der Waals surface area contributed by atoms with Gasteiger partial charge in [0.2, 0.25) is 10.0 Å². The fourth-order valence-electron chi connectivity index (χ4n) is 2.18. The lowest BCUT2D eigenvalue weighted by Crippen LogP contribution is -2.39. The fourth-order valence-corrected chi connectivity index (χ4v) is 3.92. The number of hydrogen-bond acceptors (Lipinski definition) is 4. The molecule has 1 N–H and O–H groups in total. The zero-order valence-corrected chi connectivity index (χ0v) is 13.3. The third-order valence-electron chi connectivity index (χ3n) is 3.74. The maximum absolute atomic E-state index is 12.3. The Morgan fingerprint density at radius 2 is 2.10 bits per heavy atom. The molecule has 1 aromatic rings. The van der Waals surface area contributed by atoms with Gasteiger partial charge in [-0.05, 0) is 36.5 Å². The standard InChI is InChI=1S/C14H17ClN2O3S/c1-14(4-6-20-7-5-14)10-17-21(18,19)13-3-2-11(9-16)8-12(13)15/h2-3,8,17H,4-7,10H2,1H3. The Kier molecular flexibility index (Phi) is 4.89. The largest absolute Gasteiger partial charge is 0.381 e. The lowest BCUT2D eigenvalue weighted by atomic mass is 9.83. The SMILES string of the molecule is CC1(CNS(=O)(=O)c2ccc(C#N)cc2Cl)CCOCC1. The summed E-state index contributed by atoms with van der Waals surface area (Å²) < 4.78 is 32.6. The van der Waals surface area contributed by atoms with Crippen molar-refractivity contribution in [1.82, 2.24) is 4.72 Å². The Hall–Kier alpha value is -1.13. The van der Waals surface area contributed by atoms with E-state index in [-0.39, 0.29) is 15.3 Å². The molecule has 1 heterocycles. The smallest absolute Gasteiger partial charge is 0.242 e. The van der Waals surface area contributed by atoms with Crippen LogP contribution in [0.3, 0.4) is 0 Å². The van der Waals surface area contributed by atoms with Crippen molar-refractivity contribution in [2.75, 3.05) is 19.8 Å². The molecule has 1 fully saturated rings. The first-order valence-electron chi connectivity index (χ1n) is 6.63. The minimum atomic E-state index is -3.69. The average molecular weight is 329 g/mol. The molecule has 5 nitrogen and oxygen atoms in total. The second-order valence-corrected chi connectivity index (χ2v) is 7.65. The topological polar surface area (TPSA) is 79.2 Å². The van der Waals surface area contributed by atoms with Gasteiger partial charge in [-0.1, -0.05) is 18.5 Å². The monoisotopic (exact) mass is 328 g/mol. The quantitative estimate of drug-likeness (QED) is 0.919. The molecule has 114 valence electrons. The van der Waals surface area contributed by atoms with Crippen molar-refractivity contribution in [3.63, 3.8) is 0 Å². The lowest BCUT2D eigenvalue weighted by molar-refractivity contribution is 0.0265. The summed E-state index contributed by atoms with van der Waals surface area (Å²) in [6.45, 7) is 3.68.